The van der Waals surface area contributed by atoms with Gasteiger partial charge in [-0.15, -0.1) is 0 Å². The lowest BCUT2D eigenvalue weighted by atomic mass is 9.97. The van der Waals surface area contributed by atoms with Gasteiger partial charge in [-0.25, -0.2) is 0 Å². The molecular weight excluding hydrogens is 192 g/mol. The number of hydrogen-bond donors (Lipinski definition) is 3. The van der Waals surface area contributed by atoms with Crippen LogP contribution in [0.1, 0.15) is 57.8 Å². The summed E-state index contributed by atoms with van der Waals surface area (Å²) in [5, 5.41) is 28.8. The van der Waals surface area contributed by atoms with Crippen molar-refractivity contribution in [1.29, 1.82) is 0 Å². The highest BCUT2D eigenvalue weighted by Crippen LogP contribution is 2.17. The Morgan fingerprint density at radius 1 is 0.467 bits per heavy atom. The molecule has 1 fully saturated rings. The van der Waals surface area contributed by atoms with E-state index in [1.54, 1.807) is 0 Å². The first-order chi connectivity index (χ1) is 7.18. The number of aliphatic hydroxyl groups is 3. The van der Waals surface area contributed by atoms with E-state index in [1.807, 2.05) is 0 Å². The normalized spacial score (nSPS) is 36.6. The second kappa shape index (κ2) is 7.20. The van der Waals surface area contributed by atoms with Crippen molar-refractivity contribution in [2.75, 3.05) is 0 Å². The van der Waals surface area contributed by atoms with Crippen LogP contribution in [0.15, 0.2) is 0 Å². The van der Waals surface area contributed by atoms with E-state index in [-0.39, 0.29) is 18.3 Å². The number of rotatable bonds is 0. The van der Waals surface area contributed by atoms with Crippen molar-refractivity contribution in [3.8, 4) is 0 Å². The van der Waals surface area contributed by atoms with E-state index in [9.17, 15) is 15.3 Å². The number of aliphatic hydroxyl groups excluding tert-OH is 3. The van der Waals surface area contributed by atoms with Crippen LogP contribution in [0.4, 0.5) is 0 Å². The molecule has 0 aromatic carbocycles. The minimum Gasteiger partial charge on any atom is -0.393 e. The minimum atomic E-state index is -0.246. The van der Waals surface area contributed by atoms with Gasteiger partial charge in [-0.2, -0.15) is 0 Å². The molecule has 15 heavy (non-hydrogen) atoms. The van der Waals surface area contributed by atoms with Crippen molar-refractivity contribution in [3.63, 3.8) is 0 Å². The summed E-state index contributed by atoms with van der Waals surface area (Å²) in [5.74, 6) is 0. The molecule has 0 bridgehead atoms. The van der Waals surface area contributed by atoms with Gasteiger partial charge in [0, 0.05) is 0 Å². The van der Waals surface area contributed by atoms with E-state index in [2.05, 4.69) is 0 Å². The third kappa shape index (κ3) is 6.13. The first-order valence-electron chi connectivity index (χ1n) is 6.22. The molecule has 0 amide bonds. The van der Waals surface area contributed by atoms with Crippen LogP contribution in [-0.4, -0.2) is 33.6 Å². The molecular formula is C12H24O3. The fourth-order valence-electron chi connectivity index (χ4n) is 2.20. The van der Waals surface area contributed by atoms with Crippen LogP contribution in [-0.2, 0) is 0 Å². The highest BCUT2D eigenvalue weighted by Gasteiger charge is 2.12. The zero-order valence-electron chi connectivity index (χ0n) is 9.44. The van der Waals surface area contributed by atoms with Gasteiger partial charge in [0.1, 0.15) is 0 Å². The van der Waals surface area contributed by atoms with Crippen molar-refractivity contribution in [2.24, 2.45) is 0 Å². The maximum Gasteiger partial charge on any atom is 0.0540 e. The Morgan fingerprint density at radius 2 is 0.667 bits per heavy atom. The van der Waals surface area contributed by atoms with E-state index < -0.39 is 0 Å². The monoisotopic (exact) mass is 216 g/mol. The average Bonchev–Trinajstić information content (AvgIpc) is 2.16. The van der Waals surface area contributed by atoms with Gasteiger partial charge in [-0.05, 0) is 57.8 Å². The van der Waals surface area contributed by atoms with Crippen molar-refractivity contribution in [3.05, 3.63) is 0 Å². The molecule has 3 heteroatoms. The van der Waals surface area contributed by atoms with Crippen LogP contribution >= 0.6 is 0 Å². The first kappa shape index (κ1) is 12.9. The predicted molar refractivity (Wildman–Crippen MR) is 59.6 cm³/mol. The van der Waals surface area contributed by atoms with Gasteiger partial charge in [0.2, 0.25) is 0 Å². The van der Waals surface area contributed by atoms with Gasteiger partial charge >= 0.3 is 0 Å². The summed E-state index contributed by atoms with van der Waals surface area (Å²) in [7, 11) is 0. The summed E-state index contributed by atoms with van der Waals surface area (Å²) in [6.07, 6.45) is 6.69. The molecule has 0 saturated heterocycles. The molecule has 1 saturated carbocycles. The summed E-state index contributed by atoms with van der Waals surface area (Å²) < 4.78 is 0. The SMILES string of the molecule is OC1CCCC(O)CCCC(O)CCC1. The maximum absolute atomic E-state index is 9.60. The molecule has 1 aliphatic rings. The second-order valence-corrected chi connectivity index (χ2v) is 4.75. The summed E-state index contributed by atoms with van der Waals surface area (Å²) in [6, 6.07) is 0. The molecule has 0 aromatic heterocycles. The average molecular weight is 216 g/mol. The summed E-state index contributed by atoms with van der Waals surface area (Å²) in [6.45, 7) is 0. The Morgan fingerprint density at radius 3 is 0.867 bits per heavy atom. The molecule has 3 nitrogen and oxygen atoms in total. The quantitative estimate of drug-likeness (QED) is 0.576. The second-order valence-electron chi connectivity index (χ2n) is 4.75. The fourth-order valence-corrected chi connectivity index (χ4v) is 2.20. The molecule has 3 N–H and O–H groups in total. The van der Waals surface area contributed by atoms with E-state index in [1.165, 1.54) is 0 Å². The van der Waals surface area contributed by atoms with Crippen LogP contribution in [0.2, 0.25) is 0 Å². The molecule has 0 aliphatic heterocycles. The topological polar surface area (TPSA) is 60.7 Å². The zero-order valence-corrected chi connectivity index (χ0v) is 9.44. The minimum absolute atomic E-state index is 0.246. The largest absolute Gasteiger partial charge is 0.393 e. The van der Waals surface area contributed by atoms with E-state index in [4.69, 9.17) is 0 Å². The summed E-state index contributed by atoms with van der Waals surface area (Å²) in [5.41, 5.74) is 0. The van der Waals surface area contributed by atoms with E-state index in [0.717, 1.165) is 57.8 Å². The highest BCUT2D eigenvalue weighted by molar-refractivity contribution is 4.66. The van der Waals surface area contributed by atoms with Crippen LogP contribution < -0.4 is 0 Å². The molecule has 0 heterocycles. The molecule has 0 spiro atoms. The molecule has 1 rings (SSSR count). The first-order valence-corrected chi connectivity index (χ1v) is 6.22. The molecule has 0 atom stereocenters. The van der Waals surface area contributed by atoms with Gasteiger partial charge in [0.15, 0.2) is 0 Å². The van der Waals surface area contributed by atoms with Crippen molar-refractivity contribution in [2.45, 2.75) is 76.1 Å². The molecule has 0 unspecified atom stereocenters. The highest BCUT2D eigenvalue weighted by atomic mass is 16.3. The van der Waals surface area contributed by atoms with Gasteiger partial charge in [-0.1, -0.05) is 0 Å². The summed E-state index contributed by atoms with van der Waals surface area (Å²) in [4.78, 5) is 0. The van der Waals surface area contributed by atoms with Gasteiger partial charge in [0.25, 0.3) is 0 Å². The Bertz CT molecular complexity index is 120. The Hall–Kier alpha value is -0.120. The van der Waals surface area contributed by atoms with Crippen LogP contribution in [0, 0.1) is 0 Å². The zero-order chi connectivity index (χ0) is 11.1. The van der Waals surface area contributed by atoms with Crippen molar-refractivity contribution >= 4 is 0 Å². The van der Waals surface area contributed by atoms with E-state index >= 15 is 0 Å². The number of hydrogen-bond acceptors (Lipinski definition) is 3. The standard InChI is InChI=1S/C12H24O3/c13-10-4-1-5-11(14)7-3-9-12(15)8-2-6-10/h10-15H,1-9H2. The molecule has 0 radical (unpaired) electrons. The Balaban J connectivity index is 2.30. The molecule has 90 valence electrons. The summed E-state index contributed by atoms with van der Waals surface area (Å²) >= 11 is 0. The maximum atomic E-state index is 9.60. The molecule has 0 aromatic rings. The van der Waals surface area contributed by atoms with Gasteiger partial charge in [0.05, 0.1) is 18.3 Å². The van der Waals surface area contributed by atoms with E-state index in [0.29, 0.717) is 0 Å². The lowest BCUT2D eigenvalue weighted by Crippen LogP contribution is -2.15. The van der Waals surface area contributed by atoms with Crippen LogP contribution in [0.3, 0.4) is 0 Å². The third-order valence-corrected chi connectivity index (χ3v) is 3.22. The smallest absolute Gasteiger partial charge is 0.0540 e. The van der Waals surface area contributed by atoms with Crippen LogP contribution in [0.25, 0.3) is 0 Å². The Labute approximate surface area is 92.1 Å². The van der Waals surface area contributed by atoms with Gasteiger partial charge in [-0.3, -0.25) is 0 Å². The Kier molecular flexibility index (Phi) is 6.22. The lowest BCUT2D eigenvalue weighted by molar-refractivity contribution is 0.0956. The van der Waals surface area contributed by atoms with Crippen LogP contribution in [0.5, 0.6) is 0 Å². The van der Waals surface area contributed by atoms with Gasteiger partial charge < -0.3 is 15.3 Å². The predicted octanol–water partition coefficient (Wildman–Crippen LogP) is 1.59. The van der Waals surface area contributed by atoms with Crippen molar-refractivity contribution < 1.29 is 15.3 Å². The molecule has 1 aliphatic carbocycles. The third-order valence-electron chi connectivity index (χ3n) is 3.22. The lowest BCUT2D eigenvalue weighted by Gasteiger charge is -2.17. The van der Waals surface area contributed by atoms with Crippen molar-refractivity contribution in [1.82, 2.24) is 0 Å². The fraction of sp³-hybridized carbons (Fsp3) is 1.00.